The molecule has 3 aromatic rings. The van der Waals surface area contributed by atoms with Crippen molar-refractivity contribution in [2.75, 3.05) is 0 Å². The Kier molecular flexibility index (Phi) is 8.47. The Balaban J connectivity index is 1.51. The van der Waals surface area contributed by atoms with Gasteiger partial charge in [0.2, 0.25) is 0 Å². The van der Waals surface area contributed by atoms with Gasteiger partial charge in [0.1, 0.15) is 23.9 Å². The summed E-state index contributed by atoms with van der Waals surface area (Å²) in [6.07, 6.45) is -3.27. The zero-order valence-corrected chi connectivity index (χ0v) is 27.2. The van der Waals surface area contributed by atoms with Crippen LogP contribution in [-0.2, 0) is 28.5 Å². The van der Waals surface area contributed by atoms with Crippen LogP contribution in [0.3, 0.4) is 0 Å². The monoisotopic (exact) mass is 640 g/mol. The van der Waals surface area contributed by atoms with Crippen LogP contribution in [0.4, 0.5) is 0 Å². The van der Waals surface area contributed by atoms with E-state index in [0.717, 1.165) is 0 Å². The maximum atomic E-state index is 13.8. The molecule has 2 aliphatic carbocycles. The fourth-order valence-corrected chi connectivity index (χ4v) is 8.28. The molecule has 1 saturated heterocycles. The summed E-state index contributed by atoms with van der Waals surface area (Å²) >= 11 is 0. The van der Waals surface area contributed by atoms with E-state index in [9.17, 15) is 19.2 Å². The van der Waals surface area contributed by atoms with E-state index in [1.165, 1.54) is 6.92 Å². The first kappa shape index (κ1) is 32.4. The van der Waals surface area contributed by atoms with Gasteiger partial charge in [-0.15, -0.1) is 0 Å². The van der Waals surface area contributed by atoms with Crippen molar-refractivity contribution in [2.24, 2.45) is 17.3 Å². The average molecular weight is 641 g/mol. The van der Waals surface area contributed by atoms with Gasteiger partial charge in [-0.25, -0.2) is 14.4 Å². The predicted molar refractivity (Wildman–Crippen MR) is 170 cm³/mol. The summed E-state index contributed by atoms with van der Waals surface area (Å²) in [6.45, 7) is 8.97. The van der Waals surface area contributed by atoms with Gasteiger partial charge >= 0.3 is 23.9 Å². The molecule has 1 aliphatic heterocycles. The first-order valence-electron chi connectivity index (χ1n) is 16.0. The molecule has 2 saturated carbocycles. The molecule has 3 aliphatic rings. The van der Waals surface area contributed by atoms with E-state index in [0.29, 0.717) is 16.7 Å². The number of rotatable bonds is 7. The van der Waals surface area contributed by atoms with Gasteiger partial charge in [-0.1, -0.05) is 61.5 Å². The number of hydrogen-bond donors (Lipinski definition) is 0. The van der Waals surface area contributed by atoms with E-state index in [4.69, 9.17) is 23.7 Å². The SMILES string of the molecule is CC(=O)OC1CC(C)C23OC(C)(C)C(CC(OC(=O)c4ccccc4)C2(C)C1OC(=O)c1ccccc1)C3OC(=O)c1ccccc1. The Morgan fingerprint density at radius 1 is 0.638 bits per heavy atom. The summed E-state index contributed by atoms with van der Waals surface area (Å²) in [6, 6.07) is 25.9. The number of benzene rings is 3. The molecule has 47 heavy (non-hydrogen) atoms. The fraction of sp³-hybridized carbons (Fsp3) is 0.421. The van der Waals surface area contributed by atoms with Crippen molar-refractivity contribution in [3.05, 3.63) is 108 Å². The fourth-order valence-electron chi connectivity index (χ4n) is 8.28. The Morgan fingerprint density at radius 3 is 1.55 bits per heavy atom. The molecule has 9 heteroatoms. The molecular weight excluding hydrogens is 600 g/mol. The van der Waals surface area contributed by atoms with E-state index >= 15 is 0 Å². The van der Waals surface area contributed by atoms with Crippen molar-refractivity contribution in [2.45, 2.75) is 83.1 Å². The van der Waals surface area contributed by atoms with Gasteiger partial charge in [-0.2, -0.15) is 0 Å². The standard InChI is InChI=1S/C38H40O9/c1-23-21-29(43-24(2)39)32(46-35(42)27-19-13-8-14-20-27)37(5)30(44-33(40)25-15-9-6-10-16-25)22-28-31(38(23,37)47-36(28,3)4)45-34(41)26-17-11-7-12-18-26/h6-20,23,28-32H,21-22H2,1-5H3. The molecular formula is C38H40O9. The minimum Gasteiger partial charge on any atom is -0.459 e. The lowest BCUT2D eigenvalue weighted by Crippen LogP contribution is -2.76. The third-order valence-corrected chi connectivity index (χ3v) is 10.4. The second kappa shape index (κ2) is 12.3. The molecule has 6 rings (SSSR count). The zero-order chi connectivity index (χ0) is 33.6. The number of esters is 4. The van der Waals surface area contributed by atoms with Crippen molar-refractivity contribution >= 4 is 23.9 Å². The second-order valence-corrected chi connectivity index (χ2v) is 13.6. The van der Waals surface area contributed by atoms with E-state index in [1.54, 1.807) is 78.9 Å². The molecule has 0 amide bonds. The van der Waals surface area contributed by atoms with Gasteiger partial charge in [0.15, 0.2) is 6.10 Å². The second-order valence-electron chi connectivity index (χ2n) is 13.6. The van der Waals surface area contributed by atoms with Gasteiger partial charge in [-0.3, -0.25) is 4.79 Å². The summed E-state index contributed by atoms with van der Waals surface area (Å²) < 4.78 is 32.2. The molecule has 1 heterocycles. The summed E-state index contributed by atoms with van der Waals surface area (Å²) in [5.74, 6) is -3.05. The van der Waals surface area contributed by atoms with Gasteiger partial charge in [0.25, 0.3) is 0 Å². The van der Waals surface area contributed by atoms with Gasteiger partial charge in [0, 0.05) is 12.8 Å². The third-order valence-electron chi connectivity index (χ3n) is 10.4. The number of fused-ring (bicyclic) bond motifs is 1. The molecule has 1 spiro atoms. The maximum Gasteiger partial charge on any atom is 0.338 e. The molecule has 246 valence electrons. The lowest BCUT2D eigenvalue weighted by atomic mass is 9.48. The first-order chi connectivity index (χ1) is 22.4. The van der Waals surface area contributed by atoms with Crippen LogP contribution in [0.25, 0.3) is 0 Å². The largest absolute Gasteiger partial charge is 0.459 e. The topological polar surface area (TPSA) is 114 Å². The lowest BCUT2D eigenvalue weighted by Gasteiger charge is -2.62. The van der Waals surface area contributed by atoms with Crippen LogP contribution in [0.5, 0.6) is 0 Å². The Hall–Kier alpha value is -4.50. The van der Waals surface area contributed by atoms with Crippen molar-refractivity contribution in [3.8, 4) is 0 Å². The molecule has 9 nitrogen and oxygen atoms in total. The third kappa shape index (κ3) is 5.50. The first-order valence-corrected chi connectivity index (χ1v) is 16.0. The smallest absolute Gasteiger partial charge is 0.338 e. The predicted octanol–water partition coefficient (Wildman–Crippen LogP) is 6.21. The van der Waals surface area contributed by atoms with Crippen LogP contribution in [0.15, 0.2) is 91.0 Å². The molecule has 0 radical (unpaired) electrons. The van der Waals surface area contributed by atoms with Gasteiger partial charge in [0.05, 0.1) is 27.7 Å². The van der Waals surface area contributed by atoms with E-state index in [-0.39, 0.29) is 12.8 Å². The molecule has 3 aromatic carbocycles. The number of carbonyl (C=O) groups excluding carboxylic acids is 4. The van der Waals surface area contributed by atoms with Crippen molar-refractivity contribution in [3.63, 3.8) is 0 Å². The quantitative estimate of drug-likeness (QED) is 0.220. The van der Waals surface area contributed by atoms with Crippen LogP contribution in [0.1, 0.15) is 78.5 Å². The molecule has 2 bridgehead atoms. The Morgan fingerprint density at radius 2 is 1.09 bits per heavy atom. The maximum absolute atomic E-state index is 13.8. The van der Waals surface area contributed by atoms with Gasteiger partial charge < -0.3 is 23.7 Å². The minimum atomic E-state index is -1.36. The highest BCUT2D eigenvalue weighted by Crippen LogP contribution is 2.68. The number of carbonyl (C=O) groups is 4. The Bertz CT molecular complexity index is 1640. The van der Waals surface area contributed by atoms with Crippen LogP contribution < -0.4 is 0 Å². The van der Waals surface area contributed by atoms with Crippen molar-refractivity contribution in [1.29, 1.82) is 0 Å². The highest BCUT2D eigenvalue weighted by Gasteiger charge is 2.80. The zero-order valence-electron chi connectivity index (χ0n) is 27.2. The van der Waals surface area contributed by atoms with Crippen LogP contribution >= 0.6 is 0 Å². The van der Waals surface area contributed by atoms with Crippen molar-refractivity contribution in [1.82, 2.24) is 0 Å². The summed E-state index contributed by atoms with van der Waals surface area (Å²) in [4.78, 5) is 53.7. The van der Waals surface area contributed by atoms with Crippen LogP contribution in [-0.4, -0.2) is 59.5 Å². The van der Waals surface area contributed by atoms with Gasteiger partial charge in [-0.05, 0) is 75.9 Å². The molecule has 8 atom stereocenters. The molecule has 3 fully saturated rings. The number of hydrogen-bond acceptors (Lipinski definition) is 9. The molecule has 0 aromatic heterocycles. The van der Waals surface area contributed by atoms with Crippen LogP contribution in [0, 0.1) is 17.3 Å². The summed E-state index contributed by atoms with van der Waals surface area (Å²) in [7, 11) is 0. The highest BCUT2D eigenvalue weighted by molar-refractivity contribution is 5.91. The highest BCUT2D eigenvalue weighted by atomic mass is 16.6. The van der Waals surface area contributed by atoms with E-state index < -0.39 is 76.7 Å². The van der Waals surface area contributed by atoms with Crippen molar-refractivity contribution < 1.29 is 42.9 Å². The van der Waals surface area contributed by atoms with Crippen LogP contribution in [0.2, 0.25) is 0 Å². The average Bonchev–Trinajstić information content (AvgIpc) is 3.24. The Labute approximate surface area is 274 Å². The summed E-state index contributed by atoms with van der Waals surface area (Å²) in [5.41, 5.74) is -2.47. The lowest BCUT2D eigenvalue weighted by molar-refractivity contribution is -0.299. The number of ether oxygens (including phenoxy) is 5. The molecule has 0 N–H and O–H groups in total. The summed E-state index contributed by atoms with van der Waals surface area (Å²) in [5, 5.41) is 0. The van der Waals surface area contributed by atoms with E-state index in [2.05, 4.69) is 0 Å². The normalized spacial score (nSPS) is 31.9. The minimum absolute atomic E-state index is 0.232. The van der Waals surface area contributed by atoms with E-state index in [1.807, 2.05) is 39.8 Å². The molecule has 8 unspecified atom stereocenters.